The molecular weight excluding hydrogens is 544 g/mol. The average molecular weight is 586 g/mol. The number of anilines is 4. The molecule has 2 aliphatic heterocycles. The Labute approximate surface area is 243 Å². The molecule has 222 valence electrons. The molecule has 3 heterocycles. The fourth-order valence-corrected chi connectivity index (χ4v) is 8.10. The van der Waals surface area contributed by atoms with Crippen molar-refractivity contribution in [3.8, 4) is 0 Å². The van der Waals surface area contributed by atoms with Gasteiger partial charge in [-0.3, -0.25) is 4.79 Å². The summed E-state index contributed by atoms with van der Waals surface area (Å²) in [4.78, 5) is 22.6. The first-order valence-electron chi connectivity index (χ1n) is 14.9. The lowest BCUT2D eigenvalue weighted by Crippen LogP contribution is -2.39. The van der Waals surface area contributed by atoms with Crippen molar-refractivity contribution in [2.24, 2.45) is 5.41 Å². The number of hydrogen-bond donors (Lipinski definition) is 3. The minimum absolute atomic E-state index is 0.0762. The lowest BCUT2D eigenvalue weighted by molar-refractivity contribution is -0.0221. The molecule has 41 heavy (non-hydrogen) atoms. The van der Waals surface area contributed by atoms with E-state index in [1.807, 2.05) is 43.0 Å². The molecule has 10 heteroatoms. The molecule has 1 amide bonds. The molecular formula is C31H41F2N5O2S. The van der Waals surface area contributed by atoms with Gasteiger partial charge in [0.05, 0.1) is 22.6 Å². The van der Waals surface area contributed by atoms with Gasteiger partial charge in [-0.25, -0.2) is 13.8 Å². The van der Waals surface area contributed by atoms with Gasteiger partial charge in [0.1, 0.15) is 11.6 Å². The van der Waals surface area contributed by atoms with Crippen molar-refractivity contribution in [3.63, 3.8) is 0 Å². The molecule has 0 radical (unpaired) electrons. The highest BCUT2D eigenvalue weighted by Gasteiger charge is 2.46. The van der Waals surface area contributed by atoms with Crippen LogP contribution in [0, 0.1) is 12.3 Å². The number of piperidine rings is 2. The van der Waals surface area contributed by atoms with E-state index in [1.54, 1.807) is 0 Å². The topological polar surface area (TPSA) is 80.7 Å². The van der Waals surface area contributed by atoms with Crippen LogP contribution < -0.4 is 19.8 Å². The Morgan fingerprint density at radius 1 is 1.00 bits per heavy atom. The van der Waals surface area contributed by atoms with Gasteiger partial charge in [0.15, 0.2) is 0 Å². The van der Waals surface area contributed by atoms with Crippen molar-refractivity contribution < 1.29 is 18.7 Å². The van der Waals surface area contributed by atoms with Crippen LogP contribution in [0.15, 0.2) is 30.3 Å². The highest BCUT2D eigenvalue weighted by Crippen LogP contribution is 2.54. The summed E-state index contributed by atoms with van der Waals surface area (Å²) >= 11 is 0. The molecule has 1 spiro atoms. The first-order chi connectivity index (χ1) is 19.6. The molecule has 1 aromatic carbocycles. The Kier molecular flexibility index (Phi) is 7.51. The Hall–Kier alpha value is -2.72. The largest absolute Gasteiger partial charge is 0.395 e. The summed E-state index contributed by atoms with van der Waals surface area (Å²) < 4.78 is 31.0. The maximum absolute atomic E-state index is 13.8. The third-order valence-electron chi connectivity index (χ3n) is 9.41. The number of aromatic nitrogens is 1. The van der Waals surface area contributed by atoms with Crippen molar-refractivity contribution in [2.75, 3.05) is 52.6 Å². The van der Waals surface area contributed by atoms with Gasteiger partial charge in [-0.2, -0.15) is 0 Å². The van der Waals surface area contributed by atoms with E-state index in [2.05, 4.69) is 31.4 Å². The van der Waals surface area contributed by atoms with Crippen molar-refractivity contribution in [3.05, 3.63) is 41.5 Å². The van der Waals surface area contributed by atoms with Gasteiger partial charge in [0.2, 0.25) is 0 Å². The molecule has 2 saturated heterocycles. The summed E-state index contributed by atoms with van der Waals surface area (Å²) in [6, 6.07) is 9.62. The Morgan fingerprint density at radius 3 is 2.29 bits per heavy atom. The zero-order chi connectivity index (χ0) is 28.8. The van der Waals surface area contributed by atoms with Crippen molar-refractivity contribution in [2.45, 2.75) is 75.9 Å². The number of carbonyl (C=O) groups excluding carboxylic acids is 1. The molecule has 0 bridgehead atoms. The van der Waals surface area contributed by atoms with Gasteiger partial charge in [-0.15, -0.1) is 0 Å². The van der Waals surface area contributed by atoms with E-state index in [9.17, 15) is 18.7 Å². The lowest BCUT2D eigenvalue weighted by Gasteiger charge is -2.35. The van der Waals surface area contributed by atoms with Gasteiger partial charge in [-0.05, 0) is 99.1 Å². The zero-order valence-electron chi connectivity index (χ0n) is 24.0. The highest BCUT2D eigenvalue weighted by molar-refractivity contribution is 8.17. The minimum Gasteiger partial charge on any atom is -0.395 e. The van der Waals surface area contributed by atoms with Crippen LogP contribution in [0.5, 0.6) is 0 Å². The lowest BCUT2D eigenvalue weighted by atomic mass is 9.93. The van der Waals surface area contributed by atoms with Crippen LogP contribution in [0.25, 0.3) is 0 Å². The maximum Gasteiger partial charge on any atom is 0.258 e. The number of amides is 1. The summed E-state index contributed by atoms with van der Waals surface area (Å²) in [7, 11) is -0.265. The Bertz CT molecular complexity index is 1340. The fourth-order valence-electron chi connectivity index (χ4n) is 6.20. The van der Waals surface area contributed by atoms with Crippen LogP contribution in [0.1, 0.15) is 74.2 Å². The second-order valence-electron chi connectivity index (χ2n) is 12.4. The number of hydrogen-bond acceptors (Lipinski definition) is 6. The molecule has 1 atom stereocenters. The predicted molar refractivity (Wildman–Crippen MR) is 165 cm³/mol. The minimum atomic E-state index is -2.63. The highest BCUT2D eigenvalue weighted by atomic mass is 32.2. The normalized spacial score (nSPS) is 22.9. The van der Waals surface area contributed by atoms with Gasteiger partial charge < -0.3 is 24.9 Å². The maximum atomic E-state index is 13.8. The summed E-state index contributed by atoms with van der Waals surface area (Å²) in [5.74, 6) is -1.83. The first kappa shape index (κ1) is 28.4. The predicted octanol–water partition coefficient (Wildman–Crippen LogP) is 6.20. The van der Waals surface area contributed by atoms with E-state index in [-0.39, 0.29) is 53.9 Å². The molecule has 1 unspecified atom stereocenters. The molecule has 7 nitrogen and oxygen atoms in total. The number of alkyl halides is 2. The van der Waals surface area contributed by atoms with E-state index in [4.69, 9.17) is 0 Å². The van der Waals surface area contributed by atoms with Gasteiger partial charge in [0.25, 0.3) is 11.8 Å². The number of aryl methyl sites for hydroxylation is 1. The number of nitrogens with one attached hydrogen (secondary N) is 2. The van der Waals surface area contributed by atoms with Crippen LogP contribution in [0.2, 0.25) is 0 Å². The van der Waals surface area contributed by atoms with E-state index < -0.39 is 5.92 Å². The molecule has 4 aliphatic rings. The average Bonchev–Trinajstić information content (AvgIpc) is 3.89. The van der Waals surface area contributed by atoms with Gasteiger partial charge >= 0.3 is 0 Å². The number of nitrogens with zero attached hydrogens (tertiary/aromatic N) is 3. The number of aliphatic hydroxyl groups is 1. The first-order valence-corrected chi connectivity index (χ1v) is 16.1. The van der Waals surface area contributed by atoms with E-state index in [1.165, 1.54) is 12.8 Å². The van der Waals surface area contributed by atoms with Crippen molar-refractivity contribution in [1.82, 2.24) is 4.98 Å². The Balaban J connectivity index is 1.24. The Morgan fingerprint density at radius 2 is 1.68 bits per heavy atom. The number of benzene rings is 1. The molecule has 1 aromatic heterocycles. The van der Waals surface area contributed by atoms with E-state index in [0.29, 0.717) is 22.6 Å². The number of aliphatic hydroxyl groups excluding tert-OH is 1. The zero-order valence-corrected chi connectivity index (χ0v) is 24.8. The molecule has 2 saturated carbocycles. The molecule has 6 rings (SSSR count). The standard InChI is InChI=1S/C31H41F2N5O2S/c1-3-41(30(21-39)8-9-30)36-23-4-5-24(25(20-23)37-14-10-29(6-7-29)11-15-37)28(40)35-26-18-22(2)19-27(34-26)38-16-12-31(32,33)13-17-38/h3-5,18-20,36,39H,6-17,21H2,1-2H3,(H,34,35,40). The summed E-state index contributed by atoms with van der Waals surface area (Å²) in [6.45, 7) is 6.44. The van der Waals surface area contributed by atoms with Gasteiger partial charge in [-0.1, -0.05) is 10.7 Å². The summed E-state index contributed by atoms with van der Waals surface area (Å²) in [5, 5.41) is 15.1. The molecule has 2 aromatic rings. The number of halogens is 2. The number of rotatable bonds is 8. The quantitative estimate of drug-likeness (QED) is 0.320. The second kappa shape index (κ2) is 10.8. The van der Waals surface area contributed by atoms with Crippen molar-refractivity contribution in [1.29, 1.82) is 0 Å². The number of carbonyl (C=O) groups is 1. The van der Waals surface area contributed by atoms with Crippen LogP contribution in [0.4, 0.5) is 31.8 Å². The monoisotopic (exact) mass is 585 g/mol. The second-order valence-corrected chi connectivity index (χ2v) is 14.6. The molecule has 2 aliphatic carbocycles. The summed E-state index contributed by atoms with van der Waals surface area (Å²) in [6.07, 6.45) is 6.54. The summed E-state index contributed by atoms with van der Waals surface area (Å²) in [5.41, 5.74) is 3.87. The van der Waals surface area contributed by atoms with Crippen molar-refractivity contribution >= 4 is 45.0 Å². The molecule has 3 N–H and O–H groups in total. The van der Waals surface area contributed by atoms with Crippen LogP contribution >= 0.6 is 10.7 Å². The SMILES string of the molecule is C/C=S(/Nc1ccc(C(=O)Nc2cc(C)cc(N3CCC(F)(F)CC3)n2)c(N2CCC3(CC2)CC3)c1)C1(CO)CC1. The smallest absolute Gasteiger partial charge is 0.258 e. The van der Waals surface area contributed by atoms with Crippen LogP contribution in [-0.2, 0) is 0 Å². The van der Waals surface area contributed by atoms with Crippen LogP contribution in [-0.4, -0.2) is 64.8 Å². The van der Waals surface area contributed by atoms with E-state index >= 15 is 0 Å². The molecule has 4 fully saturated rings. The van der Waals surface area contributed by atoms with E-state index in [0.717, 1.165) is 55.7 Å². The number of pyridine rings is 1. The third-order valence-corrected chi connectivity index (χ3v) is 11.8. The fraction of sp³-hybridized carbons (Fsp3) is 0.581. The van der Waals surface area contributed by atoms with Gasteiger partial charge in [0, 0.05) is 44.7 Å². The van der Waals surface area contributed by atoms with Crippen LogP contribution in [0.3, 0.4) is 0 Å². The third kappa shape index (κ3) is 6.09.